The van der Waals surface area contributed by atoms with Gasteiger partial charge in [-0.1, -0.05) is 7.43 Å². The van der Waals surface area contributed by atoms with Gasteiger partial charge in [0.25, 0.3) is 5.56 Å². The van der Waals surface area contributed by atoms with Crippen LogP contribution in [0.2, 0.25) is 0 Å². The molecule has 0 amide bonds. The Morgan fingerprint density at radius 2 is 1.83 bits per heavy atom. The molecule has 0 atom stereocenters. The number of aromatic nitrogens is 2. The molecule has 0 fully saturated rings. The first-order valence-electron chi connectivity index (χ1n) is 2.88. The third-order valence-corrected chi connectivity index (χ3v) is 1.37. The summed E-state index contributed by atoms with van der Waals surface area (Å²) in [5.74, 6) is -0.0851. The number of H-pyrrole nitrogens is 1. The van der Waals surface area contributed by atoms with E-state index in [4.69, 9.17) is 11.5 Å². The van der Waals surface area contributed by atoms with Gasteiger partial charge >= 0.3 is 5.69 Å². The van der Waals surface area contributed by atoms with Crippen LogP contribution in [0.25, 0.3) is 0 Å². The van der Waals surface area contributed by atoms with Crippen molar-refractivity contribution in [1.82, 2.24) is 9.55 Å². The van der Waals surface area contributed by atoms with Gasteiger partial charge in [-0.05, 0) is 0 Å². The lowest BCUT2D eigenvalue weighted by Crippen LogP contribution is -2.35. The minimum Gasteiger partial charge on any atom is -0.391 e. The van der Waals surface area contributed by atoms with E-state index < -0.39 is 11.2 Å². The number of hydrogen-bond donors (Lipinski definition) is 3. The van der Waals surface area contributed by atoms with Crippen molar-refractivity contribution in [2.75, 3.05) is 11.5 Å². The SMILES string of the molecule is C.Cn1c(=O)[nH]c(N)c(N)c1=O. The molecule has 0 spiro atoms. The first kappa shape index (κ1) is 10.3. The zero-order valence-corrected chi connectivity index (χ0v) is 5.92. The van der Waals surface area contributed by atoms with E-state index >= 15 is 0 Å². The fourth-order valence-corrected chi connectivity index (χ4v) is 0.655. The highest BCUT2D eigenvalue weighted by Gasteiger charge is 2.03. The number of nitrogens with one attached hydrogen (secondary N) is 1. The molecule has 5 N–H and O–H groups in total. The number of anilines is 2. The number of aromatic amines is 1. The van der Waals surface area contributed by atoms with E-state index in [9.17, 15) is 9.59 Å². The van der Waals surface area contributed by atoms with Crippen molar-refractivity contribution < 1.29 is 0 Å². The van der Waals surface area contributed by atoms with Crippen molar-refractivity contribution in [2.45, 2.75) is 7.43 Å². The second-order valence-corrected chi connectivity index (χ2v) is 2.12. The maximum atomic E-state index is 10.9. The quantitative estimate of drug-likeness (QED) is 0.460. The van der Waals surface area contributed by atoms with Gasteiger partial charge in [0.05, 0.1) is 0 Å². The monoisotopic (exact) mass is 172 g/mol. The van der Waals surface area contributed by atoms with Crippen molar-refractivity contribution in [3.63, 3.8) is 0 Å². The van der Waals surface area contributed by atoms with Gasteiger partial charge in [-0.25, -0.2) is 4.79 Å². The molecular weight excluding hydrogens is 160 g/mol. The van der Waals surface area contributed by atoms with Gasteiger partial charge in [-0.2, -0.15) is 0 Å². The molecule has 68 valence electrons. The second kappa shape index (κ2) is 3.12. The van der Waals surface area contributed by atoms with Gasteiger partial charge in [-0.15, -0.1) is 0 Å². The lowest BCUT2D eigenvalue weighted by atomic mass is 10.5. The van der Waals surface area contributed by atoms with Gasteiger partial charge in [0.15, 0.2) is 0 Å². The summed E-state index contributed by atoms with van der Waals surface area (Å²) in [7, 11) is 1.32. The summed E-state index contributed by atoms with van der Waals surface area (Å²) in [4.78, 5) is 23.9. The van der Waals surface area contributed by atoms with Crippen LogP contribution < -0.4 is 22.7 Å². The molecule has 0 aliphatic rings. The molecule has 0 radical (unpaired) electrons. The van der Waals surface area contributed by atoms with Crippen molar-refractivity contribution >= 4 is 11.5 Å². The highest BCUT2D eigenvalue weighted by atomic mass is 16.2. The normalized spacial score (nSPS) is 9.08. The molecule has 0 aromatic carbocycles. The van der Waals surface area contributed by atoms with Crippen LogP contribution >= 0.6 is 0 Å². The number of nitrogens with two attached hydrogens (primary N) is 2. The van der Waals surface area contributed by atoms with Crippen molar-refractivity contribution in [1.29, 1.82) is 0 Å². The summed E-state index contributed by atoms with van der Waals surface area (Å²) in [5.41, 5.74) is 9.14. The molecule has 0 saturated heterocycles. The summed E-state index contributed by atoms with van der Waals surface area (Å²) in [5, 5.41) is 0. The number of nitrogen functional groups attached to an aromatic ring is 2. The van der Waals surface area contributed by atoms with Gasteiger partial charge in [0.2, 0.25) is 0 Å². The Bertz CT molecular complexity index is 390. The number of hydrogen-bond acceptors (Lipinski definition) is 4. The van der Waals surface area contributed by atoms with E-state index in [1.54, 1.807) is 0 Å². The highest BCUT2D eigenvalue weighted by Crippen LogP contribution is 1.97. The largest absolute Gasteiger partial charge is 0.391 e. The molecule has 1 rings (SSSR count). The van der Waals surface area contributed by atoms with Crippen LogP contribution in [0.4, 0.5) is 11.5 Å². The van der Waals surface area contributed by atoms with E-state index in [1.807, 2.05) is 0 Å². The van der Waals surface area contributed by atoms with Gasteiger partial charge in [-0.3, -0.25) is 14.3 Å². The molecule has 0 aliphatic carbocycles. The standard InChI is InChI=1S/C5H8N4O2.CH4/c1-9-4(10)2(6)3(7)8-5(9)11;/h6-7H2,1H3,(H,8,11);1H4. The molecule has 1 aromatic rings. The Hall–Kier alpha value is -1.72. The first-order valence-corrected chi connectivity index (χ1v) is 2.88. The molecule has 6 nitrogen and oxygen atoms in total. The summed E-state index contributed by atoms with van der Waals surface area (Å²) in [6.07, 6.45) is 0. The second-order valence-electron chi connectivity index (χ2n) is 2.12. The van der Waals surface area contributed by atoms with E-state index in [2.05, 4.69) is 4.98 Å². The van der Waals surface area contributed by atoms with Crippen LogP contribution in [0.1, 0.15) is 7.43 Å². The summed E-state index contributed by atoms with van der Waals surface area (Å²) >= 11 is 0. The lowest BCUT2D eigenvalue weighted by Gasteiger charge is -1.99. The third kappa shape index (κ3) is 1.31. The van der Waals surface area contributed by atoms with Crippen molar-refractivity contribution in [3.8, 4) is 0 Å². The maximum absolute atomic E-state index is 10.9. The van der Waals surface area contributed by atoms with E-state index in [0.717, 1.165) is 4.57 Å². The lowest BCUT2D eigenvalue weighted by molar-refractivity contribution is 0.783. The topological polar surface area (TPSA) is 107 Å². The minimum atomic E-state index is -0.578. The van der Waals surface area contributed by atoms with Gasteiger partial charge in [0, 0.05) is 7.05 Å². The van der Waals surface area contributed by atoms with Crippen molar-refractivity contribution in [2.24, 2.45) is 7.05 Å². The highest BCUT2D eigenvalue weighted by molar-refractivity contribution is 5.55. The minimum absolute atomic E-state index is 0. The van der Waals surface area contributed by atoms with Gasteiger partial charge in [0.1, 0.15) is 11.5 Å². The average molecular weight is 172 g/mol. The molecule has 0 saturated carbocycles. The van der Waals surface area contributed by atoms with Crippen molar-refractivity contribution in [3.05, 3.63) is 20.8 Å². The fourth-order valence-electron chi connectivity index (χ4n) is 0.655. The Balaban J connectivity index is 0.00000121. The third-order valence-electron chi connectivity index (χ3n) is 1.37. The van der Waals surface area contributed by atoms with Crippen LogP contribution in [-0.2, 0) is 7.05 Å². The fraction of sp³-hybridized carbons (Fsp3) is 0.333. The maximum Gasteiger partial charge on any atom is 0.329 e. The Morgan fingerprint density at radius 3 is 2.33 bits per heavy atom. The molecule has 0 unspecified atom stereocenters. The average Bonchev–Trinajstić information content (AvgIpc) is 1.97. The Labute approximate surface area is 68.8 Å². The molecule has 0 bridgehead atoms. The van der Waals surface area contributed by atoms with Crippen LogP contribution in [0.15, 0.2) is 9.59 Å². The molecule has 1 aromatic heterocycles. The predicted octanol–water partition coefficient (Wildman–Crippen LogP) is -1.13. The Kier molecular flexibility index (Phi) is 2.67. The van der Waals surface area contributed by atoms with E-state index in [-0.39, 0.29) is 18.9 Å². The van der Waals surface area contributed by atoms with E-state index in [1.165, 1.54) is 7.05 Å². The first-order chi connectivity index (χ1) is 5.04. The molecule has 12 heavy (non-hydrogen) atoms. The smallest absolute Gasteiger partial charge is 0.329 e. The van der Waals surface area contributed by atoms with Crippen LogP contribution in [0.3, 0.4) is 0 Å². The number of rotatable bonds is 0. The summed E-state index contributed by atoms with van der Waals surface area (Å²) in [6.45, 7) is 0. The zero-order chi connectivity index (χ0) is 8.59. The predicted molar refractivity (Wildman–Crippen MR) is 47.9 cm³/mol. The van der Waals surface area contributed by atoms with Gasteiger partial charge < -0.3 is 11.5 Å². The van der Waals surface area contributed by atoms with Crippen LogP contribution in [0.5, 0.6) is 0 Å². The summed E-state index contributed by atoms with van der Waals surface area (Å²) in [6, 6.07) is 0. The van der Waals surface area contributed by atoms with Crippen LogP contribution in [0, 0.1) is 0 Å². The molecule has 0 aliphatic heterocycles. The zero-order valence-electron chi connectivity index (χ0n) is 5.92. The summed E-state index contributed by atoms with van der Waals surface area (Å²) < 4.78 is 0.853. The molecular formula is C6H12N4O2. The Morgan fingerprint density at radius 1 is 1.33 bits per heavy atom. The number of nitrogens with zero attached hydrogens (tertiary/aromatic N) is 1. The molecule has 6 heteroatoms. The molecule has 1 heterocycles. The van der Waals surface area contributed by atoms with E-state index in [0.29, 0.717) is 0 Å². The van der Waals surface area contributed by atoms with Crippen LogP contribution in [-0.4, -0.2) is 9.55 Å².